The number of carboxylic acids is 1. The van der Waals surface area contributed by atoms with Gasteiger partial charge in [-0.15, -0.1) is 0 Å². The first-order chi connectivity index (χ1) is 19.7. The summed E-state index contributed by atoms with van der Waals surface area (Å²) in [5.74, 6) is 0.0474. The van der Waals surface area contributed by atoms with Crippen LogP contribution in [-0.4, -0.2) is 39.1 Å². The summed E-state index contributed by atoms with van der Waals surface area (Å²) in [7, 11) is 1.56. The van der Waals surface area contributed by atoms with Crippen molar-refractivity contribution in [2.24, 2.45) is 4.99 Å². The number of nitro benzene ring substituents is 1. The molecule has 0 unspecified atom stereocenters. The maximum atomic E-state index is 13.5. The fraction of sp³-hybridized carbons (Fsp3) is 0.0690. The molecule has 2 heterocycles. The minimum atomic E-state index is -1.04. The summed E-state index contributed by atoms with van der Waals surface area (Å²) in [5, 5.41) is 20.9. The molecule has 4 aromatic rings. The van der Waals surface area contributed by atoms with E-state index in [1.54, 1.807) is 67.8 Å². The van der Waals surface area contributed by atoms with Crippen LogP contribution >= 0.6 is 23.4 Å². The average Bonchev–Trinajstić information content (AvgIpc) is 3.54. The van der Waals surface area contributed by atoms with Crippen molar-refractivity contribution in [1.82, 2.24) is 4.90 Å². The molecule has 0 saturated carbocycles. The van der Waals surface area contributed by atoms with Gasteiger partial charge in [0.1, 0.15) is 22.3 Å². The van der Waals surface area contributed by atoms with Crippen LogP contribution in [0.1, 0.15) is 21.7 Å². The molecule has 1 N–H and O–H groups in total. The lowest BCUT2D eigenvalue weighted by Gasteiger charge is -2.16. The minimum Gasteiger partial charge on any atom is -0.497 e. The SMILES string of the molecule is COc1ccc(N=C2S/C(=C/c3ccc(-c4ccc(Cl)c([N+](=O)[O-])c4)o3)C(=O)N2Cc2ccc(C(=O)O)cc2)cc1. The van der Waals surface area contributed by atoms with E-state index in [-0.39, 0.29) is 28.7 Å². The number of aromatic carboxylic acids is 1. The van der Waals surface area contributed by atoms with Gasteiger partial charge in [0.15, 0.2) is 5.17 Å². The van der Waals surface area contributed by atoms with Gasteiger partial charge in [0.2, 0.25) is 0 Å². The van der Waals surface area contributed by atoms with Crippen LogP contribution < -0.4 is 4.74 Å². The van der Waals surface area contributed by atoms with Gasteiger partial charge in [-0.25, -0.2) is 9.79 Å². The molecule has 1 aliphatic heterocycles. The third-order valence-corrected chi connectivity index (χ3v) is 7.38. The van der Waals surface area contributed by atoms with E-state index >= 15 is 0 Å². The highest BCUT2D eigenvalue weighted by atomic mass is 35.5. The van der Waals surface area contributed by atoms with E-state index in [4.69, 9.17) is 20.8 Å². The van der Waals surface area contributed by atoms with Gasteiger partial charge in [-0.3, -0.25) is 19.8 Å². The molecule has 0 aliphatic carbocycles. The Kier molecular flexibility index (Phi) is 7.90. The van der Waals surface area contributed by atoms with Crippen LogP contribution in [0.2, 0.25) is 5.02 Å². The lowest BCUT2D eigenvalue weighted by molar-refractivity contribution is -0.384. The number of carbonyl (C=O) groups excluding carboxylic acids is 1. The van der Waals surface area contributed by atoms with E-state index in [0.29, 0.717) is 38.6 Å². The summed E-state index contributed by atoms with van der Waals surface area (Å²) in [4.78, 5) is 42.0. The van der Waals surface area contributed by atoms with Crippen LogP contribution in [-0.2, 0) is 11.3 Å². The molecule has 1 fully saturated rings. The van der Waals surface area contributed by atoms with E-state index in [1.165, 1.54) is 29.2 Å². The second-order valence-corrected chi connectivity index (χ2v) is 10.1. The van der Waals surface area contributed by atoms with Crippen molar-refractivity contribution in [3.05, 3.63) is 116 Å². The highest BCUT2D eigenvalue weighted by Gasteiger charge is 2.34. The van der Waals surface area contributed by atoms with Crippen LogP contribution in [0.25, 0.3) is 17.4 Å². The van der Waals surface area contributed by atoms with E-state index < -0.39 is 10.9 Å². The third kappa shape index (κ3) is 6.16. The fourth-order valence-electron chi connectivity index (χ4n) is 3.95. The Morgan fingerprint density at radius 1 is 1.12 bits per heavy atom. The number of hydrogen-bond acceptors (Lipinski definition) is 8. The van der Waals surface area contributed by atoms with Crippen LogP contribution in [0.3, 0.4) is 0 Å². The van der Waals surface area contributed by atoms with Gasteiger partial charge in [-0.2, -0.15) is 0 Å². The van der Waals surface area contributed by atoms with Crippen molar-refractivity contribution < 1.29 is 28.8 Å². The predicted octanol–water partition coefficient (Wildman–Crippen LogP) is 7.02. The number of benzene rings is 3. The lowest BCUT2D eigenvalue weighted by atomic mass is 10.1. The number of halogens is 1. The first-order valence-corrected chi connectivity index (χ1v) is 13.2. The molecular formula is C29H20ClN3O7S. The summed E-state index contributed by atoms with van der Waals surface area (Å²) >= 11 is 7.09. The average molecular weight is 590 g/mol. The standard InChI is InChI=1S/C29H20ClN3O7S/c1-39-21-9-7-20(8-10-21)31-29-32(16-17-2-4-18(5-3-17)28(35)36)27(34)26(41-29)15-22-11-13-25(40-22)19-6-12-23(30)24(14-19)33(37)38/h2-15H,16H2,1H3,(H,35,36)/b26-15+,31-29?. The number of hydrogen-bond donors (Lipinski definition) is 1. The predicted molar refractivity (Wildman–Crippen MR) is 155 cm³/mol. The molecule has 0 radical (unpaired) electrons. The van der Waals surface area contributed by atoms with Gasteiger partial charge in [0, 0.05) is 17.7 Å². The van der Waals surface area contributed by atoms with Crippen molar-refractivity contribution in [2.75, 3.05) is 7.11 Å². The Morgan fingerprint density at radius 2 is 1.85 bits per heavy atom. The number of furan rings is 1. The summed E-state index contributed by atoms with van der Waals surface area (Å²) in [6, 6.07) is 21.0. The number of carbonyl (C=O) groups is 2. The summed E-state index contributed by atoms with van der Waals surface area (Å²) in [5.41, 5.74) is 1.69. The molecule has 1 aromatic heterocycles. The van der Waals surface area contributed by atoms with E-state index in [1.807, 2.05) is 0 Å². The molecule has 0 bridgehead atoms. The Balaban J connectivity index is 1.46. The van der Waals surface area contributed by atoms with E-state index in [9.17, 15) is 24.8 Å². The summed E-state index contributed by atoms with van der Waals surface area (Å²) < 4.78 is 11.1. The van der Waals surface area contributed by atoms with Gasteiger partial charge < -0.3 is 14.3 Å². The molecule has 0 atom stereocenters. The van der Waals surface area contributed by atoms with Crippen LogP contribution in [0.15, 0.2) is 93.2 Å². The number of aliphatic imine (C=N–C) groups is 1. The van der Waals surface area contributed by atoms with Gasteiger partial charge >= 0.3 is 5.97 Å². The third-order valence-electron chi connectivity index (χ3n) is 6.05. The topological polar surface area (TPSA) is 135 Å². The van der Waals surface area contributed by atoms with Crippen molar-refractivity contribution in [3.8, 4) is 17.1 Å². The molecule has 10 nitrogen and oxygen atoms in total. The van der Waals surface area contributed by atoms with E-state index in [0.717, 1.165) is 17.3 Å². The molecule has 41 heavy (non-hydrogen) atoms. The summed E-state index contributed by atoms with van der Waals surface area (Å²) in [6.45, 7) is 0.163. The van der Waals surface area contributed by atoms with Crippen molar-refractivity contribution in [1.29, 1.82) is 0 Å². The monoisotopic (exact) mass is 589 g/mol. The number of carboxylic acid groups (broad SMARTS) is 1. The fourth-order valence-corrected chi connectivity index (χ4v) is 5.12. The molecule has 206 valence electrons. The number of nitro groups is 1. The van der Waals surface area contributed by atoms with Crippen molar-refractivity contribution >= 4 is 57.9 Å². The van der Waals surface area contributed by atoms with Gasteiger partial charge in [-0.05, 0) is 78.0 Å². The zero-order valence-electron chi connectivity index (χ0n) is 21.3. The highest BCUT2D eigenvalue weighted by Crippen LogP contribution is 2.37. The van der Waals surface area contributed by atoms with Gasteiger partial charge in [0.05, 0.1) is 34.7 Å². The quantitative estimate of drug-likeness (QED) is 0.132. The van der Waals surface area contributed by atoms with Crippen LogP contribution in [0.5, 0.6) is 5.75 Å². The van der Waals surface area contributed by atoms with Crippen LogP contribution in [0.4, 0.5) is 11.4 Å². The zero-order valence-corrected chi connectivity index (χ0v) is 22.9. The second-order valence-electron chi connectivity index (χ2n) is 8.72. The molecule has 1 aliphatic rings. The molecule has 3 aromatic carbocycles. The highest BCUT2D eigenvalue weighted by molar-refractivity contribution is 8.18. The first-order valence-electron chi connectivity index (χ1n) is 12.0. The number of ether oxygens (including phenoxy) is 1. The van der Waals surface area contributed by atoms with Crippen molar-refractivity contribution in [3.63, 3.8) is 0 Å². The Morgan fingerprint density at radius 3 is 2.51 bits per heavy atom. The Bertz CT molecular complexity index is 1710. The molecule has 1 saturated heterocycles. The van der Waals surface area contributed by atoms with Gasteiger partial charge in [-0.1, -0.05) is 23.7 Å². The number of amides is 1. The second kappa shape index (κ2) is 11.7. The normalized spacial score (nSPS) is 15.1. The number of amidine groups is 1. The number of nitrogens with zero attached hydrogens (tertiary/aromatic N) is 3. The Hall–Kier alpha value is -4.87. The zero-order chi connectivity index (χ0) is 29.1. The lowest BCUT2D eigenvalue weighted by Crippen LogP contribution is -2.28. The van der Waals surface area contributed by atoms with E-state index in [2.05, 4.69) is 4.99 Å². The molecule has 12 heteroatoms. The maximum absolute atomic E-state index is 13.5. The first kappa shape index (κ1) is 27.7. The molecular weight excluding hydrogens is 570 g/mol. The number of rotatable bonds is 8. The molecule has 1 amide bonds. The van der Waals surface area contributed by atoms with Crippen molar-refractivity contribution in [2.45, 2.75) is 6.54 Å². The number of methoxy groups -OCH3 is 1. The maximum Gasteiger partial charge on any atom is 0.335 e. The summed E-state index contributed by atoms with van der Waals surface area (Å²) in [6.07, 6.45) is 1.58. The smallest absolute Gasteiger partial charge is 0.335 e. The largest absolute Gasteiger partial charge is 0.497 e. The Labute approximate surface area is 242 Å². The molecule has 0 spiro atoms. The molecule has 5 rings (SSSR count). The number of thioether (sulfide) groups is 1. The van der Waals surface area contributed by atoms with Crippen LogP contribution in [0, 0.1) is 10.1 Å². The van der Waals surface area contributed by atoms with Gasteiger partial charge in [0.25, 0.3) is 11.6 Å². The minimum absolute atomic E-state index is 0.0157.